The molecule has 1 aromatic heterocycles. The summed E-state index contributed by atoms with van der Waals surface area (Å²) >= 11 is 10.9. The summed E-state index contributed by atoms with van der Waals surface area (Å²) in [5.74, 6) is 2.71. The van der Waals surface area contributed by atoms with Gasteiger partial charge in [-0.2, -0.15) is 11.8 Å². The number of rotatable bonds is 4. The molecule has 0 saturated heterocycles. The lowest BCUT2D eigenvalue weighted by atomic mass is 10.3. The van der Waals surface area contributed by atoms with E-state index in [1.165, 1.54) is 44.2 Å². The van der Waals surface area contributed by atoms with Crippen molar-refractivity contribution in [2.45, 2.75) is 55.4 Å². The minimum Gasteiger partial charge on any atom is -0.345 e. The second-order valence-corrected chi connectivity index (χ2v) is 7.68. The van der Waals surface area contributed by atoms with Crippen LogP contribution in [0.1, 0.15) is 56.0 Å². The molecule has 0 unspecified atom stereocenters. The SMILES string of the molecule is S=c1nc(CSC2CCCC2)[nH]c(C2CC2)c1Br. The third kappa shape index (κ3) is 2.99. The Morgan fingerprint density at radius 2 is 2.00 bits per heavy atom. The Bertz CT molecular complexity index is 490. The highest BCUT2D eigenvalue weighted by Crippen LogP contribution is 2.42. The topological polar surface area (TPSA) is 28.7 Å². The van der Waals surface area contributed by atoms with Crippen LogP contribution in [0.2, 0.25) is 0 Å². The summed E-state index contributed by atoms with van der Waals surface area (Å²) in [6.45, 7) is 0. The van der Waals surface area contributed by atoms with Gasteiger partial charge in [-0.25, -0.2) is 4.98 Å². The van der Waals surface area contributed by atoms with Gasteiger partial charge in [0.2, 0.25) is 0 Å². The summed E-state index contributed by atoms with van der Waals surface area (Å²) < 4.78 is 1.73. The lowest BCUT2D eigenvalue weighted by molar-refractivity contribution is 0.886. The summed E-state index contributed by atoms with van der Waals surface area (Å²) in [5, 5.41) is 0.835. The summed E-state index contributed by atoms with van der Waals surface area (Å²) in [6.07, 6.45) is 8.10. The molecular formula is C13H17BrN2S2. The highest BCUT2D eigenvalue weighted by atomic mass is 79.9. The fourth-order valence-electron chi connectivity index (χ4n) is 2.50. The maximum Gasteiger partial charge on any atom is 0.144 e. The maximum atomic E-state index is 5.34. The van der Waals surface area contributed by atoms with E-state index in [1.54, 1.807) is 0 Å². The van der Waals surface area contributed by atoms with Crippen LogP contribution >= 0.6 is 39.9 Å². The largest absolute Gasteiger partial charge is 0.345 e. The number of aromatic amines is 1. The average molecular weight is 345 g/mol. The normalized spacial score (nSPS) is 20.5. The number of aromatic nitrogens is 2. The van der Waals surface area contributed by atoms with Gasteiger partial charge in [-0.05, 0) is 41.6 Å². The van der Waals surface area contributed by atoms with Crippen molar-refractivity contribution in [2.24, 2.45) is 0 Å². The van der Waals surface area contributed by atoms with Crippen molar-refractivity contribution in [3.8, 4) is 0 Å². The lowest BCUT2D eigenvalue weighted by Gasteiger charge is -2.10. The molecule has 98 valence electrons. The van der Waals surface area contributed by atoms with Crippen molar-refractivity contribution in [3.63, 3.8) is 0 Å². The molecule has 2 nitrogen and oxygen atoms in total. The van der Waals surface area contributed by atoms with Gasteiger partial charge in [-0.15, -0.1) is 0 Å². The molecule has 1 heterocycles. The van der Waals surface area contributed by atoms with Crippen molar-refractivity contribution in [3.05, 3.63) is 20.6 Å². The standard InChI is InChI=1S/C13H17BrN2S2/c14-11-12(8-5-6-8)15-10(16-13(11)17)7-18-9-3-1-2-4-9/h8-9H,1-7H2,(H,15,16,17). The third-order valence-electron chi connectivity index (χ3n) is 3.68. The molecule has 2 aliphatic rings. The van der Waals surface area contributed by atoms with Gasteiger partial charge >= 0.3 is 0 Å². The van der Waals surface area contributed by atoms with Gasteiger partial charge < -0.3 is 4.98 Å². The summed E-state index contributed by atoms with van der Waals surface area (Å²) in [4.78, 5) is 7.99. The fourth-order valence-corrected chi connectivity index (χ4v) is 4.43. The smallest absolute Gasteiger partial charge is 0.144 e. The highest BCUT2D eigenvalue weighted by Gasteiger charge is 2.27. The van der Waals surface area contributed by atoms with Crippen molar-refractivity contribution >= 4 is 39.9 Å². The van der Waals surface area contributed by atoms with E-state index in [2.05, 4.69) is 25.9 Å². The van der Waals surface area contributed by atoms with E-state index >= 15 is 0 Å². The quantitative estimate of drug-likeness (QED) is 0.783. The number of nitrogens with zero attached hydrogens (tertiary/aromatic N) is 1. The van der Waals surface area contributed by atoms with Crippen LogP contribution in [0.3, 0.4) is 0 Å². The summed E-state index contributed by atoms with van der Waals surface area (Å²) in [6, 6.07) is 0. The Labute approximate surface area is 125 Å². The first kappa shape index (κ1) is 13.1. The molecule has 0 aliphatic heterocycles. The molecule has 0 amide bonds. The Balaban J connectivity index is 1.73. The molecule has 0 aromatic carbocycles. The Hall–Kier alpha value is 0.130. The molecule has 3 rings (SSSR count). The van der Waals surface area contributed by atoms with Crippen LogP contribution in [0.5, 0.6) is 0 Å². The molecule has 0 spiro atoms. The van der Waals surface area contributed by atoms with Gasteiger partial charge in [0, 0.05) is 16.9 Å². The first-order valence-electron chi connectivity index (χ1n) is 6.64. The number of hydrogen-bond acceptors (Lipinski definition) is 3. The fraction of sp³-hybridized carbons (Fsp3) is 0.692. The van der Waals surface area contributed by atoms with E-state index in [-0.39, 0.29) is 0 Å². The Morgan fingerprint density at radius 1 is 1.28 bits per heavy atom. The number of thioether (sulfide) groups is 1. The van der Waals surface area contributed by atoms with Gasteiger partial charge in [0.25, 0.3) is 0 Å². The van der Waals surface area contributed by atoms with Gasteiger partial charge in [0.15, 0.2) is 0 Å². The maximum absolute atomic E-state index is 5.34. The monoisotopic (exact) mass is 344 g/mol. The van der Waals surface area contributed by atoms with Crippen LogP contribution in [-0.4, -0.2) is 15.2 Å². The zero-order valence-corrected chi connectivity index (χ0v) is 13.5. The Kier molecular flexibility index (Phi) is 4.11. The van der Waals surface area contributed by atoms with Gasteiger partial charge in [0.05, 0.1) is 10.2 Å². The summed E-state index contributed by atoms with van der Waals surface area (Å²) in [5.41, 5.74) is 1.28. The van der Waals surface area contributed by atoms with Crippen LogP contribution in [0.15, 0.2) is 4.47 Å². The molecule has 5 heteroatoms. The van der Waals surface area contributed by atoms with E-state index in [1.807, 2.05) is 11.8 Å². The first-order chi connectivity index (χ1) is 8.74. The number of H-pyrrole nitrogens is 1. The Morgan fingerprint density at radius 3 is 2.67 bits per heavy atom. The zero-order valence-electron chi connectivity index (χ0n) is 10.2. The predicted octanol–water partition coefficient (Wildman–Crippen LogP) is 4.95. The third-order valence-corrected chi connectivity index (χ3v) is 6.43. The molecule has 2 fully saturated rings. The second-order valence-electron chi connectivity index (χ2n) is 5.21. The first-order valence-corrected chi connectivity index (χ1v) is 8.89. The van der Waals surface area contributed by atoms with Crippen molar-refractivity contribution in [2.75, 3.05) is 0 Å². The van der Waals surface area contributed by atoms with Gasteiger partial charge in [-0.1, -0.05) is 25.1 Å². The van der Waals surface area contributed by atoms with Crippen LogP contribution in [-0.2, 0) is 5.75 Å². The van der Waals surface area contributed by atoms with Crippen LogP contribution in [0.4, 0.5) is 0 Å². The van der Waals surface area contributed by atoms with Crippen molar-refractivity contribution in [1.82, 2.24) is 9.97 Å². The molecule has 1 aromatic rings. The minimum atomic E-state index is 0.680. The number of hydrogen-bond donors (Lipinski definition) is 1. The second kappa shape index (κ2) is 5.63. The van der Waals surface area contributed by atoms with Crippen molar-refractivity contribution in [1.29, 1.82) is 0 Å². The van der Waals surface area contributed by atoms with Crippen LogP contribution < -0.4 is 0 Å². The van der Waals surface area contributed by atoms with Gasteiger partial charge in [-0.3, -0.25) is 0 Å². The number of nitrogens with one attached hydrogen (secondary N) is 1. The molecule has 2 saturated carbocycles. The molecule has 18 heavy (non-hydrogen) atoms. The van der Waals surface area contributed by atoms with E-state index in [4.69, 9.17) is 12.2 Å². The van der Waals surface area contributed by atoms with E-state index < -0.39 is 0 Å². The van der Waals surface area contributed by atoms with E-state index in [9.17, 15) is 0 Å². The minimum absolute atomic E-state index is 0.680. The molecule has 0 atom stereocenters. The zero-order chi connectivity index (χ0) is 12.5. The predicted molar refractivity (Wildman–Crippen MR) is 82.6 cm³/mol. The van der Waals surface area contributed by atoms with Crippen LogP contribution in [0, 0.1) is 4.64 Å². The van der Waals surface area contributed by atoms with Gasteiger partial charge in [0.1, 0.15) is 10.5 Å². The van der Waals surface area contributed by atoms with Crippen molar-refractivity contribution < 1.29 is 0 Å². The number of halogens is 1. The van der Waals surface area contributed by atoms with E-state index in [0.29, 0.717) is 5.92 Å². The molecule has 2 aliphatic carbocycles. The van der Waals surface area contributed by atoms with Crippen LogP contribution in [0.25, 0.3) is 0 Å². The molecular weight excluding hydrogens is 328 g/mol. The molecule has 1 N–H and O–H groups in total. The summed E-state index contributed by atoms with van der Waals surface area (Å²) in [7, 11) is 0. The highest BCUT2D eigenvalue weighted by molar-refractivity contribution is 9.10. The molecule has 0 bridgehead atoms. The lowest BCUT2D eigenvalue weighted by Crippen LogP contribution is -2.02. The molecule has 0 radical (unpaired) electrons. The van der Waals surface area contributed by atoms with E-state index in [0.717, 1.165) is 25.9 Å². The average Bonchev–Trinajstić information content (AvgIpc) is 3.07.